The molecule has 0 saturated heterocycles. The molecular formula is C11H16O3S. The Morgan fingerprint density at radius 1 is 1.27 bits per heavy atom. The molecule has 0 atom stereocenters. The zero-order chi connectivity index (χ0) is 11.5. The van der Waals surface area contributed by atoms with Crippen molar-refractivity contribution in [2.45, 2.75) is 25.2 Å². The Balaban J connectivity index is 3.09. The van der Waals surface area contributed by atoms with E-state index in [0.717, 1.165) is 11.1 Å². The maximum Gasteiger partial charge on any atom is 0.178 e. The summed E-state index contributed by atoms with van der Waals surface area (Å²) in [5, 5.41) is 8.64. The van der Waals surface area contributed by atoms with E-state index in [1.807, 2.05) is 13.0 Å². The third-order valence-corrected chi connectivity index (χ3v) is 4.19. The van der Waals surface area contributed by atoms with Crippen LogP contribution in [0, 0.1) is 13.8 Å². The predicted octanol–water partition coefficient (Wildman–Crippen LogP) is 1.46. The summed E-state index contributed by atoms with van der Waals surface area (Å²) in [5.74, 6) is 0.00773. The first kappa shape index (κ1) is 12.2. The van der Waals surface area contributed by atoms with Gasteiger partial charge >= 0.3 is 0 Å². The maximum atomic E-state index is 11.9. The van der Waals surface area contributed by atoms with Crippen LogP contribution in [0.5, 0.6) is 0 Å². The Morgan fingerprint density at radius 3 is 2.53 bits per heavy atom. The summed E-state index contributed by atoms with van der Waals surface area (Å²) in [7, 11) is -3.24. The molecule has 0 aliphatic rings. The average molecular weight is 228 g/mol. The molecule has 0 spiro atoms. The highest BCUT2D eigenvalue weighted by atomic mass is 32.2. The lowest BCUT2D eigenvalue weighted by molar-refractivity contribution is 0.295. The van der Waals surface area contributed by atoms with Gasteiger partial charge in [0, 0.05) is 6.61 Å². The van der Waals surface area contributed by atoms with Crippen molar-refractivity contribution in [2.75, 3.05) is 12.4 Å². The molecule has 0 radical (unpaired) electrons. The van der Waals surface area contributed by atoms with Crippen molar-refractivity contribution in [1.82, 2.24) is 0 Å². The van der Waals surface area contributed by atoms with Crippen LogP contribution in [0.1, 0.15) is 17.5 Å². The lowest BCUT2D eigenvalue weighted by Crippen LogP contribution is -2.10. The molecule has 0 aliphatic heterocycles. The van der Waals surface area contributed by atoms with Gasteiger partial charge in [0.2, 0.25) is 0 Å². The van der Waals surface area contributed by atoms with Crippen molar-refractivity contribution in [3.63, 3.8) is 0 Å². The lowest BCUT2D eigenvalue weighted by Gasteiger charge is -2.07. The van der Waals surface area contributed by atoms with Gasteiger partial charge in [0.15, 0.2) is 9.84 Å². The Hall–Kier alpha value is -0.870. The molecule has 0 saturated carbocycles. The van der Waals surface area contributed by atoms with Crippen LogP contribution in [0.4, 0.5) is 0 Å². The Kier molecular flexibility index (Phi) is 3.88. The predicted molar refractivity (Wildman–Crippen MR) is 59.7 cm³/mol. The zero-order valence-corrected chi connectivity index (χ0v) is 9.84. The first-order chi connectivity index (χ1) is 6.97. The molecule has 0 fully saturated rings. The molecule has 1 aromatic rings. The van der Waals surface area contributed by atoms with Crippen LogP contribution >= 0.6 is 0 Å². The van der Waals surface area contributed by atoms with Gasteiger partial charge in [-0.25, -0.2) is 8.42 Å². The number of aliphatic hydroxyl groups excluding tert-OH is 1. The normalized spacial score (nSPS) is 11.7. The summed E-state index contributed by atoms with van der Waals surface area (Å²) >= 11 is 0. The summed E-state index contributed by atoms with van der Waals surface area (Å²) in [6.07, 6.45) is 0.287. The molecular weight excluding hydrogens is 212 g/mol. The van der Waals surface area contributed by atoms with Crippen molar-refractivity contribution in [3.8, 4) is 0 Å². The van der Waals surface area contributed by atoms with Gasteiger partial charge in [0.25, 0.3) is 0 Å². The van der Waals surface area contributed by atoms with E-state index in [2.05, 4.69) is 0 Å². The van der Waals surface area contributed by atoms with E-state index in [-0.39, 0.29) is 18.8 Å². The fourth-order valence-electron chi connectivity index (χ4n) is 1.41. The number of aryl methyl sites for hydroxylation is 2. The monoisotopic (exact) mass is 228 g/mol. The Bertz CT molecular complexity index is 435. The van der Waals surface area contributed by atoms with Gasteiger partial charge < -0.3 is 5.11 Å². The van der Waals surface area contributed by atoms with Gasteiger partial charge in [0.1, 0.15) is 0 Å². The Labute approximate surface area is 90.7 Å². The summed E-state index contributed by atoms with van der Waals surface area (Å²) < 4.78 is 23.7. The van der Waals surface area contributed by atoms with Crippen LogP contribution in [0.2, 0.25) is 0 Å². The van der Waals surface area contributed by atoms with Crippen molar-refractivity contribution >= 4 is 9.84 Å². The number of hydrogen-bond donors (Lipinski definition) is 1. The van der Waals surface area contributed by atoms with E-state index < -0.39 is 9.84 Å². The highest BCUT2D eigenvalue weighted by Crippen LogP contribution is 2.18. The van der Waals surface area contributed by atoms with Gasteiger partial charge in [-0.2, -0.15) is 0 Å². The van der Waals surface area contributed by atoms with Crippen LogP contribution in [0.3, 0.4) is 0 Å². The first-order valence-electron chi connectivity index (χ1n) is 4.88. The van der Waals surface area contributed by atoms with E-state index in [1.165, 1.54) is 0 Å². The van der Waals surface area contributed by atoms with Gasteiger partial charge in [-0.3, -0.25) is 0 Å². The standard InChI is InChI=1S/C11H16O3S/c1-9-4-5-10(2)11(8-9)15(13,14)7-3-6-12/h4-5,8,12H,3,6-7H2,1-2H3. The molecule has 15 heavy (non-hydrogen) atoms. The molecule has 0 aliphatic carbocycles. The minimum atomic E-state index is -3.24. The maximum absolute atomic E-state index is 11.9. The highest BCUT2D eigenvalue weighted by molar-refractivity contribution is 7.91. The second kappa shape index (κ2) is 4.77. The largest absolute Gasteiger partial charge is 0.396 e. The zero-order valence-electron chi connectivity index (χ0n) is 9.03. The minimum Gasteiger partial charge on any atom is -0.396 e. The van der Waals surface area contributed by atoms with E-state index in [4.69, 9.17) is 5.11 Å². The molecule has 0 heterocycles. The molecule has 1 rings (SSSR count). The number of benzene rings is 1. The van der Waals surface area contributed by atoms with Gasteiger partial charge in [-0.1, -0.05) is 12.1 Å². The van der Waals surface area contributed by atoms with Crippen molar-refractivity contribution < 1.29 is 13.5 Å². The van der Waals surface area contributed by atoms with Crippen LogP contribution < -0.4 is 0 Å². The quantitative estimate of drug-likeness (QED) is 0.848. The third-order valence-electron chi connectivity index (χ3n) is 2.25. The van der Waals surface area contributed by atoms with E-state index in [0.29, 0.717) is 4.90 Å². The molecule has 1 N–H and O–H groups in total. The fourth-order valence-corrected chi connectivity index (χ4v) is 3.06. The highest BCUT2D eigenvalue weighted by Gasteiger charge is 2.16. The second-order valence-electron chi connectivity index (χ2n) is 3.66. The number of rotatable bonds is 4. The van der Waals surface area contributed by atoms with E-state index in [1.54, 1.807) is 19.1 Å². The third kappa shape index (κ3) is 3.04. The van der Waals surface area contributed by atoms with Gasteiger partial charge in [-0.05, 0) is 37.5 Å². The van der Waals surface area contributed by atoms with Gasteiger partial charge in [0.05, 0.1) is 10.6 Å². The molecule has 4 heteroatoms. The number of sulfone groups is 1. The Morgan fingerprint density at radius 2 is 1.93 bits per heavy atom. The van der Waals surface area contributed by atoms with Crippen LogP contribution in [-0.2, 0) is 9.84 Å². The van der Waals surface area contributed by atoms with Crippen LogP contribution in [-0.4, -0.2) is 25.9 Å². The fraction of sp³-hybridized carbons (Fsp3) is 0.455. The molecule has 0 aromatic heterocycles. The van der Waals surface area contributed by atoms with Crippen molar-refractivity contribution in [2.24, 2.45) is 0 Å². The second-order valence-corrected chi connectivity index (χ2v) is 5.74. The smallest absolute Gasteiger partial charge is 0.178 e. The van der Waals surface area contributed by atoms with Crippen LogP contribution in [0.15, 0.2) is 23.1 Å². The summed E-state index contributed by atoms with van der Waals surface area (Å²) in [5.41, 5.74) is 1.70. The molecule has 0 bridgehead atoms. The first-order valence-corrected chi connectivity index (χ1v) is 6.53. The summed E-state index contributed by atoms with van der Waals surface area (Å²) in [6, 6.07) is 5.38. The van der Waals surface area contributed by atoms with E-state index >= 15 is 0 Å². The molecule has 0 amide bonds. The molecule has 1 aromatic carbocycles. The van der Waals surface area contributed by atoms with Gasteiger partial charge in [-0.15, -0.1) is 0 Å². The summed E-state index contributed by atoms with van der Waals surface area (Å²) in [4.78, 5) is 0.385. The minimum absolute atomic E-state index is 0.00773. The van der Waals surface area contributed by atoms with Crippen LogP contribution in [0.25, 0.3) is 0 Å². The van der Waals surface area contributed by atoms with E-state index in [9.17, 15) is 8.42 Å². The SMILES string of the molecule is Cc1ccc(C)c(S(=O)(=O)CCCO)c1. The molecule has 0 unspecified atom stereocenters. The number of aliphatic hydroxyl groups is 1. The molecule has 3 nitrogen and oxygen atoms in total. The molecule has 84 valence electrons. The summed E-state index contributed by atoms with van der Waals surface area (Å²) in [6.45, 7) is 3.56. The van der Waals surface area contributed by atoms with Crippen molar-refractivity contribution in [1.29, 1.82) is 0 Å². The topological polar surface area (TPSA) is 54.4 Å². The number of hydrogen-bond acceptors (Lipinski definition) is 3. The lowest BCUT2D eigenvalue weighted by atomic mass is 10.2. The average Bonchev–Trinajstić information content (AvgIpc) is 2.18. The van der Waals surface area contributed by atoms with Crippen molar-refractivity contribution in [3.05, 3.63) is 29.3 Å².